The minimum Gasteiger partial charge on any atom is -0.325 e. The van der Waals surface area contributed by atoms with Crippen LogP contribution in [0.1, 0.15) is 28.3 Å². The first-order valence-corrected chi connectivity index (χ1v) is 15.1. The molecule has 3 fully saturated rings. The fraction of sp³-hybridized carbons (Fsp3) is 0.357. The molecule has 1 aromatic heterocycles. The van der Waals surface area contributed by atoms with Crippen molar-refractivity contribution in [3.63, 3.8) is 0 Å². The number of alkyl halides is 3. The second-order valence-corrected chi connectivity index (χ2v) is 13.5. The van der Waals surface area contributed by atoms with Gasteiger partial charge in [-0.05, 0) is 60.1 Å². The van der Waals surface area contributed by atoms with Crippen molar-refractivity contribution in [1.29, 1.82) is 0 Å². The Morgan fingerprint density at radius 1 is 1.05 bits per heavy atom. The molecule has 3 amide bonds. The smallest absolute Gasteiger partial charge is 0.325 e. The summed E-state index contributed by atoms with van der Waals surface area (Å²) in [7, 11) is 0. The number of aromatic nitrogens is 1. The number of benzene rings is 2. The number of fused-ring (bicyclic) bond motifs is 9. The van der Waals surface area contributed by atoms with Crippen molar-refractivity contribution in [2.45, 2.75) is 28.8 Å². The number of imide groups is 1. The van der Waals surface area contributed by atoms with E-state index in [1.54, 1.807) is 23.9 Å². The Labute approximate surface area is 244 Å². The Hall–Kier alpha value is -3.09. The number of rotatable bonds is 4. The average Bonchev–Trinajstić information content (AvgIpc) is 3.65. The van der Waals surface area contributed by atoms with Gasteiger partial charge in [-0.1, -0.05) is 41.1 Å². The van der Waals surface area contributed by atoms with Gasteiger partial charge in [0, 0.05) is 26.8 Å². The van der Waals surface area contributed by atoms with E-state index in [1.165, 1.54) is 12.1 Å². The van der Waals surface area contributed by atoms with Gasteiger partial charge in [0.1, 0.15) is 6.54 Å². The van der Waals surface area contributed by atoms with Crippen LogP contribution in [0.3, 0.4) is 0 Å². The number of hydrogen-bond donors (Lipinski definition) is 2. The molecule has 2 N–H and O–H groups in total. The van der Waals surface area contributed by atoms with E-state index in [4.69, 9.17) is 11.6 Å². The number of nitrogens with zero attached hydrogens (tertiary/aromatic N) is 1. The quantitative estimate of drug-likeness (QED) is 0.390. The molecular formula is C28H21ClF3N3O4S2. The van der Waals surface area contributed by atoms with Gasteiger partial charge < -0.3 is 10.3 Å². The largest absolute Gasteiger partial charge is 0.416 e. The van der Waals surface area contributed by atoms with Crippen molar-refractivity contribution in [2.75, 3.05) is 11.9 Å². The van der Waals surface area contributed by atoms with Gasteiger partial charge in [-0.25, -0.2) is 0 Å². The van der Waals surface area contributed by atoms with E-state index >= 15 is 0 Å². The molecule has 2 aliphatic heterocycles. The zero-order chi connectivity index (χ0) is 28.8. The molecule has 0 radical (unpaired) electrons. The molecule has 13 heteroatoms. The lowest BCUT2D eigenvalue weighted by Crippen LogP contribution is -2.42. The Morgan fingerprint density at radius 3 is 2.46 bits per heavy atom. The summed E-state index contributed by atoms with van der Waals surface area (Å²) >= 11 is 8.87. The van der Waals surface area contributed by atoms with Gasteiger partial charge in [-0.2, -0.15) is 13.2 Å². The number of likely N-dealkylation sites (tertiary alicyclic amines) is 1. The molecule has 6 unspecified atom stereocenters. The monoisotopic (exact) mass is 619 g/mol. The number of halogens is 4. The molecule has 41 heavy (non-hydrogen) atoms. The molecule has 7 atom stereocenters. The van der Waals surface area contributed by atoms with Crippen LogP contribution < -0.4 is 10.2 Å². The van der Waals surface area contributed by atoms with Crippen molar-refractivity contribution in [3.8, 4) is 0 Å². The van der Waals surface area contributed by atoms with Gasteiger partial charge in [-0.15, -0.1) is 11.8 Å². The Morgan fingerprint density at radius 2 is 1.76 bits per heavy atom. The predicted octanol–water partition coefficient (Wildman–Crippen LogP) is 5.22. The van der Waals surface area contributed by atoms with E-state index < -0.39 is 47.8 Å². The zero-order valence-corrected chi connectivity index (χ0v) is 23.4. The maximum atomic E-state index is 13.7. The number of thiazole rings is 1. The van der Waals surface area contributed by atoms with Crippen molar-refractivity contribution in [3.05, 3.63) is 79.2 Å². The molecule has 2 saturated carbocycles. The Kier molecular flexibility index (Phi) is 6.18. The standard InChI is InChI=1S/C28H21ClF3N3O4S2/c29-13-6-4-11(5-7-13)18-19-15-9-16(22(19)40-24-23(18)41-27(39)34-24)21-20(15)25(37)35(26(21)38)10-17(36)33-14-3-1-2-12(8-14)28(30,31)32/h1-8,15-16,18-22H,9-10H2,(H,33,36)(H,34,39)/t15?,16?,18-,19?,20?,21?,22?/m1/s1. The van der Waals surface area contributed by atoms with Gasteiger partial charge in [0.2, 0.25) is 17.7 Å². The molecule has 7 rings (SSSR count). The highest BCUT2D eigenvalue weighted by Gasteiger charge is 2.69. The lowest BCUT2D eigenvalue weighted by molar-refractivity contribution is -0.143. The van der Waals surface area contributed by atoms with Crippen LogP contribution in [-0.2, 0) is 20.6 Å². The topological polar surface area (TPSA) is 99.3 Å². The molecule has 212 valence electrons. The molecule has 4 aliphatic rings. The molecular weight excluding hydrogens is 599 g/mol. The fourth-order valence-electron chi connectivity index (χ4n) is 7.40. The number of thioether (sulfide) groups is 1. The minimum atomic E-state index is -4.58. The number of carbonyl (C=O) groups excluding carboxylic acids is 3. The van der Waals surface area contributed by atoms with E-state index in [1.807, 2.05) is 12.1 Å². The number of aromatic amines is 1. The second-order valence-electron chi connectivity index (χ2n) is 10.9. The van der Waals surface area contributed by atoms with Crippen LogP contribution in [0.5, 0.6) is 0 Å². The van der Waals surface area contributed by atoms with Crippen LogP contribution in [0.25, 0.3) is 0 Å². The summed E-state index contributed by atoms with van der Waals surface area (Å²) in [5.41, 5.74) is -0.00289. The molecule has 2 aliphatic carbocycles. The number of nitrogens with one attached hydrogen (secondary N) is 2. The van der Waals surface area contributed by atoms with Crippen molar-refractivity contribution in [1.82, 2.24) is 9.88 Å². The van der Waals surface area contributed by atoms with Gasteiger partial charge in [0.15, 0.2) is 0 Å². The first-order chi connectivity index (χ1) is 19.5. The molecule has 3 heterocycles. The Bertz CT molecular complexity index is 1660. The fourth-order valence-corrected chi connectivity index (χ4v) is 10.4. The maximum absolute atomic E-state index is 13.7. The highest BCUT2D eigenvalue weighted by Crippen LogP contribution is 2.68. The molecule has 1 saturated heterocycles. The van der Waals surface area contributed by atoms with Crippen LogP contribution in [-0.4, -0.2) is 39.4 Å². The van der Waals surface area contributed by atoms with Gasteiger partial charge in [0.25, 0.3) is 0 Å². The van der Waals surface area contributed by atoms with E-state index in [9.17, 15) is 32.3 Å². The summed E-state index contributed by atoms with van der Waals surface area (Å²) < 4.78 is 39.2. The van der Waals surface area contributed by atoms with Gasteiger partial charge in [0.05, 0.1) is 22.4 Å². The molecule has 3 aromatic rings. The highest BCUT2D eigenvalue weighted by molar-refractivity contribution is 8.00. The van der Waals surface area contributed by atoms with Gasteiger partial charge in [-0.3, -0.25) is 24.1 Å². The first-order valence-electron chi connectivity index (χ1n) is 13.0. The van der Waals surface area contributed by atoms with Crippen molar-refractivity contribution >= 4 is 58.1 Å². The minimum absolute atomic E-state index is 0.00186. The van der Waals surface area contributed by atoms with Crippen LogP contribution in [0, 0.1) is 29.6 Å². The van der Waals surface area contributed by atoms with Crippen molar-refractivity contribution in [2.24, 2.45) is 29.6 Å². The summed E-state index contributed by atoms with van der Waals surface area (Å²) in [6.45, 7) is -0.565. The summed E-state index contributed by atoms with van der Waals surface area (Å²) in [4.78, 5) is 57.1. The third-order valence-electron chi connectivity index (χ3n) is 8.82. The molecule has 0 spiro atoms. The van der Waals surface area contributed by atoms with E-state index in [-0.39, 0.29) is 39.5 Å². The predicted molar refractivity (Wildman–Crippen MR) is 147 cm³/mol. The lowest BCUT2D eigenvalue weighted by atomic mass is 9.68. The van der Waals surface area contributed by atoms with E-state index in [0.717, 1.165) is 43.8 Å². The van der Waals surface area contributed by atoms with Crippen LogP contribution in [0.4, 0.5) is 18.9 Å². The SMILES string of the molecule is O=C(CN1C(=O)C2C3CC(C2C1=O)C1C3Sc2[nH]c(=O)sc2[C@@H]1c1ccc(Cl)cc1)Nc1cccc(C(F)(F)F)c1. The highest BCUT2D eigenvalue weighted by atomic mass is 35.5. The average molecular weight is 620 g/mol. The molecule has 2 aromatic carbocycles. The van der Waals surface area contributed by atoms with E-state index in [0.29, 0.717) is 11.4 Å². The van der Waals surface area contributed by atoms with Crippen LogP contribution in [0.2, 0.25) is 5.02 Å². The molecule has 2 bridgehead atoms. The first kappa shape index (κ1) is 26.8. The van der Waals surface area contributed by atoms with E-state index in [2.05, 4.69) is 10.3 Å². The summed E-state index contributed by atoms with van der Waals surface area (Å²) in [6.07, 6.45) is -3.88. The summed E-state index contributed by atoms with van der Waals surface area (Å²) in [5, 5.41) is 3.76. The zero-order valence-electron chi connectivity index (χ0n) is 21.0. The van der Waals surface area contributed by atoms with Crippen LogP contribution in [0.15, 0.2) is 58.4 Å². The third-order valence-corrected chi connectivity index (χ3v) is 11.7. The number of H-pyrrole nitrogens is 1. The summed E-state index contributed by atoms with van der Waals surface area (Å²) in [6, 6.07) is 11.7. The normalized spacial score (nSPS) is 29.9. The number of amides is 3. The lowest BCUT2D eigenvalue weighted by Gasteiger charge is -2.43. The van der Waals surface area contributed by atoms with Crippen LogP contribution >= 0.6 is 34.7 Å². The second kappa shape index (κ2) is 9.47. The third kappa shape index (κ3) is 4.25. The number of carbonyl (C=O) groups is 3. The molecule has 7 nitrogen and oxygen atoms in total. The Balaban J connectivity index is 1.15. The summed E-state index contributed by atoms with van der Waals surface area (Å²) in [5.74, 6) is -3.11. The maximum Gasteiger partial charge on any atom is 0.416 e. The number of hydrogen-bond acceptors (Lipinski definition) is 6. The number of anilines is 1. The van der Waals surface area contributed by atoms with Crippen molar-refractivity contribution < 1.29 is 27.6 Å². The van der Waals surface area contributed by atoms with Gasteiger partial charge >= 0.3 is 11.0 Å².